The zero-order chi connectivity index (χ0) is 25.1. The predicted octanol–water partition coefficient (Wildman–Crippen LogP) is 3.68. The van der Waals surface area contributed by atoms with Gasteiger partial charge in [-0.15, -0.1) is 10.2 Å². The maximum Gasteiger partial charge on any atom is 0.341 e. The molecule has 0 spiro atoms. The number of carbonyl (C=O) groups excluding carboxylic acids is 1. The lowest BCUT2D eigenvalue weighted by atomic mass is 9.94. The lowest BCUT2D eigenvalue weighted by Crippen LogP contribution is -2.36. The molecule has 3 aromatic rings. The lowest BCUT2D eigenvalue weighted by molar-refractivity contribution is -0.139. The van der Waals surface area contributed by atoms with E-state index in [-0.39, 0.29) is 24.4 Å². The van der Waals surface area contributed by atoms with E-state index in [1.54, 1.807) is 6.07 Å². The molecule has 0 aliphatic carbocycles. The highest BCUT2D eigenvalue weighted by Crippen LogP contribution is 2.44. The summed E-state index contributed by atoms with van der Waals surface area (Å²) in [4.78, 5) is 26.1. The number of amides is 1. The van der Waals surface area contributed by atoms with Crippen molar-refractivity contribution in [2.24, 2.45) is 0 Å². The number of halogens is 1. The average Bonchev–Trinajstić information content (AvgIpc) is 3.16. The van der Waals surface area contributed by atoms with Gasteiger partial charge >= 0.3 is 5.97 Å². The minimum atomic E-state index is -1.05. The van der Waals surface area contributed by atoms with E-state index >= 15 is 0 Å². The number of hydrogen-bond donors (Lipinski definition) is 2. The summed E-state index contributed by atoms with van der Waals surface area (Å²) in [6.45, 7) is 6.50. The Morgan fingerprint density at radius 2 is 1.89 bits per heavy atom. The molecule has 1 amide bonds. The Morgan fingerprint density at radius 1 is 1.14 bits per heavy atom. The molecule has 2 unspecified atom stereocenters. The molecule has 10 heteroatoms. The van der Waals surface area contributed by atoms with E-state index in [0.29, 0.717) is 35.5 Å². The molecule has 9 nitrogen and oxygen atoms in total. The van der Waals surface area contributed by atoms with Gasteiger partial charge in [0.2, 0.25) is 5.91 Å². The number of nitrogens with one attached hydrogen (secondary N) is 1. The molecular formula is C25H28ClN5O4. The van der Waals surface area contributed by atoms with Crippen molar-refractivity contribution in [2.75, 3.05) is 19.7 Å². The van der Waals surface area contributed by atoms with Crippen LogP contribution in [0.15, 0.2) is 42.5 Å². The molecule has 1 aliphatic rings. The van der Waals surface area contributed by atoms with Gasteiger partial charge in [-0.3, -0.25) is 14.3 Å². The third-order valence-corrected chi connectivity index (χ3v) is 6.33. The molecule has 0 radical (unpaired) electrons. The maximum absolute atomic E-state index is 12.8. The maximum atomic E-state index is 12.8. The second kappa shape index (κ2) is 10.5. The topological polar surface area (TPSA) is 110 Å². The number of fused-ring (bicyclic) bond motifs is 3. The fraction of sp³-hybridized carbons (Fsp3) is 0.360. The van der Waals surface area contributed by atoms with Gasteiger partial charge in [-0.2, -0.15) is 0 Å². The van der Waals surface area contributed by atoms with Crippen molar-refractivity contribution in [2.45, 2.75) is 39.3 Å². The summed E-state index contributed by atoms with van der Waals surface area (Å²) < 4.78 is 7.50. The van der Waals surface area contributed by atoms with Gasteiger partial charge in [-0.25, -0.2) is 4.79 Å². The van der Waals surface area contributed by atoms with Gasteiger partial charge in [0.1, 0.15) is 11.6 Å². The molecule has 35 heavy (non-hydrogen) atoms. The molecule has 0 bridgehead atoms. The number of carbonyl (C=O) groups is 2. The SMILES string of the molecule is CCNC(=O)CC1c2nnc(C)n2-c2ccc(OCC(=O)O)cc2C(c2ccc(Cl)cc2)N1CC. The van der Waals surface area contributed by atoms with Crippen LogP contribution in [0.3, 0.4) is 0 Å². The zero-order valence-electron chi connectivity index (χ0n) is 19.9. The number of rotatable bonds is 8. The van der Waals surface area contributed by atoms with E-state index in [2.05, 4.69) is 20.4 Å². The second-order valence-corrected chi connectivity index (χ2v) is 8.74. The summed E-state index contributed by atoms with van der Waals surface area (Å²) in [5, 5.41) is 21.4. The first kappa shape index (κ1) is 24.7. The van der Waals surface area contributed by atoms with Crippen molar-refractivity contribution < 1.29 is 19.4 Å². The Balaban J connectivity index is 1.94. The summed E-state index contributed by atoms with van der Waals surface area (Å²) in [5.74, 6) is 0.676. The van der Waals surface area contributed by atoms with Crippen LogP contribution in [0.1, 0.15) is 55.1 Å². The molecular weight excluding hydrogens is 470 g/mol. The van der Waals surface area contributed by atoms with Crippen LogP contribution in [0.5, 0.6) is 5.75 Å². The van der Waals surface area contributed by atoms with E-state index in [1.165, 1.54) is 0 Å². The van der Waals surface area contributed by atoms with Gasteiger partial charge in [-0.1, -0.05) is 30.7 Å². The van der Waals surface area contributed by atoms with Crippen LogP contribution in [-0.2, 0) is 9.59 Å². The standard InChI is InChI=1S/C25H28ClN5O4/c1-4-27-22(32)13-21-25-29-28-15(3)31(25)20-11-10-18(35-14-23(33)34)12-19(20)24(30(21)5-2)16-6-8-17(26)9-7-16/h6-12,21,24H,4-5,13-14H2,1-3H3,(H,27,32)(H,33,34). The number of ether oxygens (including phenoxy) is 1. The molecule has 1 aliphatic heterocycles. The second-order valence-electron chi connectivity index (χ2n) is 8.30. The van der Waals surface area contributed by atoms with E-state index in [0.717, 1.165) is 16.8 Å². The van der Waals surface area contributed by atoms with E-state index in [1.807, 2.05) is 61.7 Å². The van der Waals surface area contributed by atoms with Crippen LogP contribution in [0.4, 0.5) is 0 Å². The van der Waals surface area contributed by atoms with Gasteiger partial charge in [0.25, 0.3) is 0 Å². The quantitative estimate of drug-likeness (QED) is 0.488. The lowest BCUT2D eigenvalue weighted by Gasteiger charge is -2.35. The molecule has 0 saturated heterocycles. The molecule has 184 valence electrons. The fourth-order valence-electron chi connectivity index (χ4n) is 4.66. The minimum Gasteiger partial charge on any atom is -0.482 e. The number of carboxylic acids is 1. The van der Waals surface area contributed by atoms with Gasteiger partial charge in [-0.05, 0) is 56.3 Å². The Hall–Kier alpha value is -3.43. The van der Waals surface area contributed by atoms with Crippen molar-refractivity contribution in [1.82, 2.24) is 25.0 Å². The van der Waals surface area contributed by atoms with Crippen molar-refractivity contribution in [3.05, 3.63) is 70.3 Å². The third-order valence-electron chi connectivity index (χ3n) is 6.08. The molecule has 2 atom stereocenters. The summed E-state index contributed by atoms with van der Waals surface area (Å²) in [7, 11) is 0. The number of hydrogen-bond acceptors (Lipinski definition) is 6. The van der Waals surface area contributed by atoms with E-state index in [4.69, 9.17) is 21.4 Å². The third kappa shape index (κ3) is 5.01. The largest absolute Gasteiger partial charge is 0.482 e. The summed E-state index contributed by atoms with van der Waals surface area (Å²) in [5.41, 5.74) is 2.71. The summed E-state index contributed by atoms with van der Waals surface area (Å²) in [6.07, 6.45) is 0.209. The number of aliphatic carboxylic acids is 1. The van der Waals surface area contributed by atoms with Crippen LogP contribution in [0.2, 0.25) is 5.02 Å². The fourth-order valence-corrected chi connectivity index (χ4v) is 4.79. The van der Waals surface area contributed by atoms with Crippen molar-refractivity contribution in [3.8, 4) is 11.4 Å². The molecule has 2 N–H and O–H groups in total. The van der Waals surface area contributed by atoms with Gasteiger partial charge in [0, 0.05) is 23.6 Å². The van der Waals surface area contributed by atoms with Crippen LogP contribution in [-0.4, -0.2) is 56.3 Å². The predicted molar refractivity (Wildman–Crippen MR) is 131 cm³/mol. The van der Waals surface area contributed by atoms with Crippen LogP contribution < -0.4 is 10.1 Å². The number of aryl methyl sites for hydroxylation is 1. The highest BCUT2D eigenvalue weighted by molar-refractivity contribution is 6.30. The van der Waals surface area contributed by atoms with Crippen LogP contribution >= 0.6 is 11.6 Å². The molecule has 0 saturated carbocycles. The Morgan fingerprint density at radius 3 is 2.54 bits per heavy atom. The number of benzene rings is 2. The van der Waals surface area contributed by atoms with E-state index in [9.17, 15) is 9.59 Å². The molecule has 4 rings (SSSR count). The smallest absolute Gasteiger partial charge is 0.341 e. The van der Waals surface area contributed by atoms with Crippen LogP contribution in [0, 0.1) is 6.92 Å². The highest BCUT2D eigenvalue weighted by Gasteiger charge is 2.39. The summed E-state index contributed by atoms with van der Waals surface area (Å²) >= 11 is 6.19. The van der Waals surface area contributed by atoms with Gasteiger partial charge in [0.05, 0.1) is 17.8 Å². The Bertz CT molecular complexity index is 1230. The summed E-state index contributed by atoms with van der Waals surface area (Å²) in [6, 6.07) is 12.5. The van der Waals surface area contributed by atoms with Crippen molar-refractivity contribution in [1.29, 1.82) is 0 Å². The van der Waals surface area contributed by atoms with Crippen LogP contribution in [0.25, 0.3) is 5.69 Å². The molecule has 1 aromatic heterocycles. The normalized spacial score (nSPS) is 17.3. The van der Waals surface area contributed by atoms with E-state index < -0.39 is 12.6 Å². The number of nitrogens with zero attached hydrogens (tertiary/aromatic N) is 4. The first-order valence-electron chi connectivity index (χ1n) is 11.5. The number of carboxylic acid groups (broad SMARTS) is 1. The first-order chi connectivity index (χ1) is 16.8. The average molecular weight is 498 g/mol. The highest BCUT2D eigenvalue weighted by atomic mass is 35.5. The van der Waals surface area contributed by atoms with Crippen molar-refractivity contribution in [3.63, 3.8) is 0 Å². The minimum absolute atomic E-state index is 0.0746. The molecule has 0 fully saturated rings. The van der Waals surface area contributed by atoms with Gasteiger partial charge in [0.15, 0.2) is 12.4 Å². The molecule has 2 aromatic carbocycles. The number of aromatic nitrogens is 3. The Kier molecular flexibility index (Phi) is 7.37. The Labute approximate surface area is 208 Å². The monoisotopic (exact) mass is 497 g/mol. The van der Waals surface area contributed by atoms with Crippen molar-refractivity contribution >= 4 is 23.5 Å². The molecule has 2 heterocycles. The van der Waals surface area contributed by atoms with Gasteiger partial charge < -0.3 is 15.2 Å². The zero-order valence-corrected chi connectivity index (χ0v) is 20.6. The first-order valence-corrected chi connectivity index (χ1v) is 11.9.